The Hall–Kier alpha value is -2.67. The fourth-order valence-corrected chi connectivity index (χ4v) is 4.36. The highest BCUT2D eigenvalue weighted by Crippen LogP contribution is 2.25. The number of aryl methyl sites for hydroxylation is 2. The number of aromatic nitrogens is 2. The molecule has 0 bridgehead atoms. The third kappa shape index (κ3) is 4.56. The zero-order valence-corrected chi connectivity index (χ0v) is 18.6. The maximum absolute atomic E-state index is 12.6. The van der Waals surface area contributed by atoms with E-state index in [4.69, 9.17) is 0 Å². The van der Waals surface area contributed by atoms with Gasteiger partial charge in [0.05, 0.1) is 17.2 Å². The zero-order valence-electron chi connectivity index (χ0n) is 17.0. The summed E-state index contributed by atoms with van der Waals surface area (Å²) in [7, 11) is 0. The molecule has 6 nitrogen and oxygen atoms in total. The minimum atomic E-state index is -0.100. The second-order valence-electron chi connectivity index (χ2n) is 7.85. The lowest BCUT2D eigenvalue weighted by atomic mass is 10.1. The number of carbonyl (C=O) groups is 1. The first-order chi connectivity index (χ1) is 14.5. The van der Waals surface area contributed by atoms with Gasteiger partial charge in [-0.15, -0.1) is 0 Å². The van der Waals surface area contributed by atoms with Gasteiger partial charge in [0, 0.05) is 42.8 Å². The van der Waals surface area contributed by atoms with Crippen LogP contribution in [0.25, 0.3) is 10.9 Å². The van der Waals surface area contributed by atoms with E-state index in [1.54, 1.807) is 6.07 Å². The van der Waals surface area contributed by atoms with E-state index in [0.29, 0.717) is 24.4 Å². The van der Waals surface area contributed by atoms with Gasteiger partial charge in [-0.25, -0.2) is 4.98 Å². The van der Waals surface area contributed by atoms with Gasteiger partial charge in [0.25, 0.3) is 5.56 Å². The molecule has 3 aromatic rings. The Labute approximate surface area is 184 Å². The number of hydrogen-bond donors (Lipinski definition) is 1. The van der Waals surface area contributed by atoms with E-state index in [1.165, 1.54) is 16.6 Å². The number of hydrogen-bond acceptors (Lipinski definition) is 4. The van der Waals surface area contributed by atoms with E-state index in [1.807, 2.05) is 31.2 Å². The quantitative estimate of drug-likeness (QED) is 0.600. The first kappa shape index (κ1) is 20.6. The van der Waals surface area contributed by atoms with Crippen molar-refractivity contribution in [1.29, 1.82) is 0 Å². The van der Waals surface area contributed by atoms with Crippen molar-refractivity contribution in [2.45, 2.75) is 26.3 Å². The van der Waals surface area contributed by atoms with Crippen LogP contribution in [0.15, 0.2) is 58.1 Å². The molecule has 1 N–H and O–H groups in total. The van der Waals surface area contributed by atoms with Crippen molar-refractivity contribution in [3.63, 3.8) is 0 Å². The Morgan fingerprint density at radius 2 is 2.10 bits per heavy atom. The van der Waals surface area contributed by atoms with Gasteiger partial charge >= 0.3 is 0 Å². The zero-order chi connectivity index (χ0) is 21.1. The molecule has 0 saturated carbocycles. The molecule has 1 amide bonds. The van der Waals surface area contributed by atoms with Gasteiger partial charge in [-0.1, -0.05) is 34.1 Å². The molecule has 0 spiro atoms. The summed E-state index contributed by atoms with van der Waals surface area (Å²) in [5.74, 6) is 0.396. The standard InChI is InChI=1S/C23H25BrN4O2/c1-16-4-2-7-20-22(16)26-15-28(23(20)30)11-9-21(29)25-13-17-8-10-27(14-17)19-6-3-5-18(24)12-19/h2-7,12,15,17H,8-11,13-14H2,1H3,(H,25,29). The Morgan fingerprint density at radius 1 is 1.27 bits per heavy atom. The Kier molecular flexibility index (Phi) is 6.18. The maximum atomic E-state index is 12.6. The normalized spacial score (nSPS) is 16.2. The van der Waals surface area contributed by atoms with Crippen molar-refractivity contribution in [2.24, 2.45) is 5.92 Å². The topological polar surface area (TPSA) is 67.2 Å². The molecule has 4 rings (SSSR count). The van der Waals surface area contributed by atoms with Crippen molar-refractivity contribution in [3.8, 4) is 0 Å². The van der Waals surface area contributed by atoms with Crippen molar-refractivity contribution < 1.29 is 4.79 Å². The third-order valence-electron chi connectivity index (χ3n) is 5.68. The Morgan fingerprint density at radius 3 is 2.93 bits per heavy atom. The van der Waals surface area contributed by atoms with Crippen molar-refractivity contribution >= 4 is 38.4 Å². The SMILES string of the molecule is Cc1cccc2c(=O)n(CCC(=O)NCC3CCN(c4cccc(Br)c4)C3)cnc12. The number of para-hydroxylation sites is 1. The molecule has 1 unspecified atom stereocenters. The van der Waals surface area contributed by atoms with Gasteiger partial charge in [-0.05, 0) is 49.1 Å². The number of halogens is 1. The molecule has 1 fully saturated rings. The van der Waals surface area contributed by atoms with Crippen LogP contribution in [0.2, 0.25) is 0 Å². The number of amides is 1. The first-order valence-corrected chi connectivity index (χ1v) is 11.0. The highest BCUT2D eigenvalue weighted by atomic mass is 79.9. The van der Waals surface area contributed by atoms with Crippen LogP contribution < -0.4 is 15.8 Å². The van der Waals surface area contributed by atoms with E-state index in [2.05, 4.69) is 43.3 Å². The summed E-state index contributed by atoms with van der Waals surface area (Å²) in [6.07, 6.45) is 2.86. The smallest absolute Gasteiger partial charge is 0.261 e. The lowest BCUT2D eigenvalue weighted by Gasteiger charge is -2.19. The summed E-state index contributed by atoms with van der Waals surface area (Å²) < 4.78 is 2.59. The summed E-state index contributed by atoms with van der Waals surface area (Å²) in [4.78, 5) is 31.7. The predicted octanol–water partition coefficient (Wildman–Crippen LogP) is 3.50. The van der Waals surface area contributed by atoms with Crippen LogP contribution in [0, 0.1) is 12.8 Å². The van der Waals surface area contributed by atoms with E-state index >= 15 is 0 Å². The minimum absolute atomic E-state index is 0.0351. The van der Waals surface area contributed by atoms with Gasteiger partial charge in [0.1, 0.15) is 0 Å². The summed E-state index contributed by atoms with van der Waals surface area (Å²) in [5.41, 5.74) is 2.80. The van der Waals surface area contributed by atoms with Gasteiger partial charge < -0.3 is 10.2 Å². The third-order valence-corrected chi connectivity index (χ3v) is 6.18. The van der Waals surface area contributed by atoms with Crippen LogP contribution in [0.1, 0.15) is 18.4 Å². The molecule has 2 heterocycles. The molecule has 0 radical (unpaired) electrons. The monoisotopic (exact) mass is 468 g/mol. The summed E-state index contributed by atoms with van der Waals surface area (Å²) in [6.45, 7) is 4.86. The average molecular weight is 469 g/mol. The Bertz CT molecular complexity index is 1130. The molecule has 1 aliphatic heterocycles. The molecule has 1 aliphatic rings. The lowest BCUT2D eigenvalue weighted by Crippen LogP contribution is -2.32. The molecule has 2 aromatic carbocycles. The van der Waals surface area contributed by atoms with E-state index in [0.717, 1.165) is 35.1 Å². The van der Waals surface area contributed by atoms with E-state index < -0.39 is 0 Å². The lowest BCUT2D eigenvalue weighted by molar-refractivity contribution is -0.121. The predicted molar refractivity (Wildman–Crippen MR) is 123 cm³/mol. The van der Waals surface area contributed by atoms with Crippen molar-refractivity contribution in [1.82, 2.24) is 14.9 Å². The highest BCUT2D eigenvalue weighted by molar-refractivity contribution is 9.10. The number of rotatable bonds is 6. The molecular formula is C23H25BrN4O2. The molecule has 30 heavy (non-hydrogen) atoms. The second kappa shape index (κ2) is 9.00. The first-order valence-electron chi connectivity index (χ1n) is 10.2. The summed E-state index contributed by atoms with van der Waals surface area (Å²) in [6, 6.07) is 13.9. The van der Waals surface area contributed by atoms with Crippen LogP contribution in [0.5, 0.6) is 0 Å². The molecule has 0 aliphatic carbocycles. The average Bonchev–Trinajstić information content (AvgIpc) is 3.21. The molecule has 1 atom stereocenters. The number of fused-ring (bicyclic) bond motifs is 1. The number of benzene rings is 2. The van der Waals surface area contributed by atoms with Crippen LogP contribution in [0.4, 0.5) is 5.69 Å². The number of anilines is 1. The number of nitrogens with one attached hydrogen (secondary N) is 1. The van der Waals surface area contributed by atoms with Gasteiger partial charge in [-0.3, -0.25) is 14.2 Å². The van der Waals surface area contributed by atoms with Crippen LogP contribution in [-0.2, 0) is 11.3 Å². The number of nitrogens with zero attached hydrogens (tertiary/aromatic N) is 3. The van der Waals surface area contributed by atoms with E-state index in [-0.39, 0.29) is 17.9 Å². The van der Waals surface area contributed by atoms with Gasteiger partial charge in [0.2, 0.25) is 5.91 Å². The molecule has 7 heteroatoms. The number of carbonyl (C=O) groups excluding carboxylic acids is 1. The fraction of sp³-hybridized carbons (Fsp3) is 0.348. The summed E-state index contributed by atoms with van der Waals surface area (Å²) in [5, 5.41) is 3.63. The maximum Gasteiger partial charge on any atom is 0.261 e. The minimum Gasteiger partial charge on any atom is -0.371 e. The van der Waals surface area contributed by atoms with Gasteiger partial charge in [0.15, 0.2) is 0 Å². The molecule has 1 saturated heterocycles. The molecule has 1 aromatic heterocycles. The van der Waals surface area contributed by atoms with Crippen LogP contribution >= 0.6 is 15.9 Å². The van der Waals surface area contributed by atoms with E-state index in [9.17, 15) is 9.59 Å². The van der Waals surface area contributed by atoms with Crippen molar-refractivity contribution in [2.75, 3.05) is 24.5 Å². The fourth-order valence-electron chi connectivity index (χ4n) is 3.97. The van der Waals surface area contributed by atoms with Crippen molar-refractivity contribution in [3.05, 3.63) is 69.2 Å². The molecule has 156 valence electrons. The largest absolute Gasteiger partial charge is 0.371 e. The Balaban J connectivity index is 1.28. The second-order valence-corrected chi connectivity index (χ2v) is 8.76. The van der Waals surface area contributed by atoms with Crippen LogP contribution in [-0.4, -0.2) is 35.1 Å². The molecular weight excluding hydrogens is 444 g/mol. The van der Waals surface area contributed by atoms with Crippen LogP contribution in [0.3, 0.4) is 0 Å². The summed E-state index contributed by atoms with van der Waals surface area (Å²) >= 11 is 3.52. The highest BCUT2D eigenvalue weighted by Gasteiger charge is 2.23. The van der Waals surface area contributed by atoms with Gasteiger partial charge in [-0.2, -0.15) is 0 Å².